The van der Waals surface area contributed by atoms with Crippen molar-refractivity contribution in [1.82, 2.24) is 15.2 Å². The van der Waals surface area contributed by atoms with Gasteiger partial charge in [0.2, 0.25) is 0 Å². The summed E-state index contributed by atoms with van der Waals surface area (Å²) in [6, 6.07) is 7.76. The van der Waals surface area contributed by atoms with Crippen LogP contribution in [0.4, 0.5) is 4.79 Å². The summed E-state index contributed by atoms with van der Waals surface area (Å²) in [7, 11) is 1.54. The number of nitrogens with zero attached hydrogens (tertiary/aromatic N) is 2. The molecule has 36 heavy (non-hydrogen) atoms. The lowest BCUT2D eigenvalue weighted by molar-refractivity contribution is -0.139. The Hall–Kier alpha value is -3.33. The lowest BCUT2D eigenvalue weighted by Gasteiger charge is -2.47. The van der Waals surface area contributed by atoms with E-state index in [4.69, 9.17) is 19.3 Å². The molecule has 2 aliphatic rings. The van der Waals surface area contributed by atoms with E-state index < -0.39 is 24.3 Å². The van der Waals surface area contributed by atoms with Crippen molar-refractivity contribution in [2.45, 2.75) is 64.1 Å². The molecule has 9 heteroatoms. The molecule has 0 saturated carbocycles. The standard InChI is InChI=1S/C27H35N3O6/c1-16-6-8-28-20(10-16)19-14-30-9-7-17-11-24(35-15-25(31)32)23(34-5)12-18(17)22(30)13-21(19)29-26(33)36-27(2,3)4/h6,8,10-12,19,21-22H,7,9,13-15H2,1-5H3,(H,29,33)(H,31,32). The van der Waals surface area contributed by atoms with Crippen LogP contribution in [0.1, 0.15) is 61.5 Å². The number of hydrogen-bond donors (Lipinski definition) is 2. The molecule has 0 radical (unpaired) electrons. The van der Waals surface area contributed by atoms with Crippen molar-refractivity contribution in [3.63, 3.8) is 0 Å². The molecule has 3 atom stereocenters. The van der Waals surface area contributed by atoms with Gasteiger partial charge in [-0.15, -0.1) is 0 Å². The fourth-order valence-corrected chi connectivity index (χ4v) is 5.13. The number of carboxylic acid groups (broad SMARTS) is 1. The molecule has 1 aromatic heterocycles. The van der Waals surface area contributed by atoms with Crippen LogP contribution in [0.5, 0.6) is 11.5 Å². The van der Waals surface area contributed by atoms with Gasteiger partial charge in [0, 0.05) is 43.0 Å². The average Bonchev–Trinajstić information content (AvgIpc) is 2.80. The SMILES string of the molecule is COc1cc2c(cc1OCC(=O)O)CCN1CC(c3cc(C)ccn3)C(NC(=O)OC(C)(C)C)CC21. The van der Waals surface area contributed by atoms with E-state index in [1.807, 2.05) is 52.1 Å². The monoisotopic (exact) mass is 497 g/mol. The minimum atomic E-state index is -1.04. The maximum Gasteiger partial charge on any atom is 0.407 e. The highest BCUT2D eigenvalue weighted by atomic mass is 16.6. The molecule has 0 bridgehead atoms. The van der Waals surface area contributed by atoms with Crippen LogP contribution in [0.15, 0.2) is 30.5 Å². The van der Waals surface area contributed by atoms with Crippen molar-refractivity contribution in [3.05, 3.63) is 52.8 Å². The Kier molecular flexibility index (Phi) is 7.40. The van der Waals surface area contributed by atoms with Crippen LogP contribution in [0.25, 0.3) is 0 Å². The Labute approximate surface area is 211 Å². The van der Waals surface area contributed by atoms with E-state index in [0.29, 0.717) is 17.9 Å². The lowest BCUT2D eigenvalue weighted by atomic mass is 9.79. The number of alkyl carbamates (subject to hydrolysis) is 1. The number of carbonyl (C=O) groups is 2. The van der Waals surface area contributed by atoms with Crippen LogP contribution in [0.3, 0.4) is 0 Å². The van der Waals surface area contributed by atoms with Gasteiger partial charge in [-0.3, -0.25) is 9.88 Å². The number of aromatic nitrogens is 1. The van der Waals surface area contributed by atoms with Gasteiger partial charge in [0.15, 0.2) is 18.1 Å². The Morgan fingerprint density at radius 2 is 2.00 bits per heavy atom. The van der Waals surface area contributed by atoms with Gasteiger partial charge in [-0.25, -0.2) is 9.59 Å². The quantitative estimate of drug-likeness (QED) is 0.620. The molecule has 0 aliphatic carbocycles. The summed E-state index contributed by atoms with van der Waals surface area (Å²) in [6.45, 7) is 8.73. The summed E-state index contributed by atoms with van der Waals surface area (Å²) in [6.07, 6.45) is 2.85. The van der Waals surface area contributed by atoms with E-state index in [0.717, 1.165) is 41.9 Å². The number of rotatable bonds is 6. The van der Waals surface area contributed by atoms with Crippen molar-refractivity contribution >= 4 is 12.1 Å². The maximum absolute atomic E-state index is 12.8. The molecule has 2 aliphatic heterocycles. The van der Waals surface area contributed by atoms with Crippen LogP contribution >= 0.6 is 0 Å². The Balaban J connectivity index is 1.65. The van der Waals surface area contributed by atoms with E-state index >= 15 is 0 Å². The Morgan fingerprint density at radius 1 is 1.22 bits per heavy atom. The number of carbonyl (C=O) groups excluding carboxylic acids is 1. The summed E-state index contributed by atoms with van der Waals surface area (Å²) in [4.78, 5) is 30.9. The van der Waals surface area contributed by atoms with Gasteiger partial charge in [0.1, 0.15) is 5.60 Å². The first-order valence-corrected chi connectivity index (χ1v) is 12.3. The summed E-state index contributed by atoms with van der Waals surface area (Å²) in [5.41, 5.74) is 3.68. The molecule has 1 fully saturated rings. The number of piperidine rings is 1. The summed E-state index contributed by atoms with van der Waals surface area (Å²) >= 11 is 0. The number of aryl methyl sites for hydroxylation is 1. The highest BCUT2D eigenvalue weighted by Gasteiger charge is 2.41. The Bertz CT molecular complexity index is 1130. The number of hydrogen-bond acceptors (Lipinski definition) is 7. The zero-order valence-corrected chi connectivity index (χ0v) is 21.5. The molecule has 1 amide bonds. The van der Waals surface area contributed by atoms with Gasteiger partial charge in [-0.1, -0.05) is 0 Å². The first-order chi connectivity index (χ1) is 17.0. The van der Waals surface area contributed by atoms with Crippen molar-refractivity contribution < 1.29 is 28.9 Å². The largest absolute Gasteiger partial charge is 0.493 e. The normalized spacial score (nSPS) is 21.6. The second-order valence-corrected chi connectivity index (χ2v) is 10.5. The third kappa shape index (κ3) is 5.90. The average molecular weight is 498 g/mol. The van der Waals surface area contributed by atoms with Crippen LogP contribution in [-0.2, 0) is 16.0 Å². The van der Waals surface area contributed by atoms with Gasteiger partial charge >= 0.3 is 12.1 Å². The minimum absolute atomic E-state index is 0.00953. The molecular weight excluding hydrogens is 462 g/mol. The van der Waals surface area contributed by atoms with E-state index in [1.54, 1.807) is 7.11 Å². The molecular formula is C27H35N3O6. The van der Waals surface area contributed by atoms with Crippen LogP contribution in [0.2, 0.25) is 0 Å². The van der Waals surface area contributed by atoms with Gasteiger partial charge in [-0.2, -0.15) is 0 Å². The van der Waals surface area contributed by atoms with Gasteiger partial charge < -0.3 is 24.6 Å². The third-order valence-electron chi connectivity index (χ3n) is 6.66. The lowest BCUT2D eigenvalue weighted by Crippen LogP contribution is -2.53. The molecule has 2 N–H and O–H groups in total. The summed E-state index contributed by atoms with van der Waals surface area (Å²) in [5, 5.41) is 12.1. The van der Waals surface area contributed by atoms with E-state index in [-0.39, 0.29) is 18.0 Å². The first kappa shape index (κ1) is 25.8. The molecule has 1 saturated heterocycles. The molecule has 3 unspecified atom stereocenters. The van der Waals surface area contributed by atoms with Crippen molar-refractivity contribution in [1.29, 1.82) is 0 Å². The fraction of sp³-hybridized carbons (Fsp3) is 0.519. The summed E-state index contributed by atoms with van der Waals surface area (Å²) in [5.74, 6) is -0.112. The number of carboxylic acids is 1. The van der Waals surface area contributed by atoms with E-state index in [1.165, 1.54) is 0 Å². The minimum Gasteiger partial charge on any atom is -0.493 e. The first-order valence-electron chi connectivity index (χ1n) is 12.3. The number of amides is 1. The van der Waals surface area contributed by atoms with Gasteiger partial charge in [0.05, 0.1) is 7.11 Å². The molecule has 2 aromatic rings. The van der Waals surface area contributed by atoms with Gasteiger partial charge in [-0.05, 0) is 81.5 Å². The molecule has 0 spiro atoms. The van der Waals surface area contributed by atoms with Crippen molar-refractivity contribution in [2.75, 3.05) is 26.8 Å². The maximum atomic E-state index is 12.8. The number of benzene rings is 1. The van der Waals surface area contributed by atoms with Crippen LogP contribution in [0, 0.1) is 6.92 Å². The van der Waals surface area contributed by atoms with Crippen LogP contribution in [-0.4, -0.2) is 65.5 Å². The zero-order valence-electron chi connectivity index (χ0n) is 21.5. The molecule has 194 valence electrons. The topological polar surface area (TPSA) is 110 Å². The highest BCUT2D eigenvalue weighted by Crippen LogP contribution is 2.44. The predicted molar refractivity (Wildman–Crippen MR) is 134 cm³/mol. The molecule has 3 heterocycles. The van der Waals surface area contributed by atoms with Crippen LogP contribution < -0.4 is 14.8 Å². The van der Waals surface area contributed by atoms with E-state index in [9.17, 15) is 9.59 Å². The smallest absolute Gasteiger partial charge is 0.407 e. The predicted octanol–water partition coefficient (Wildman–Crippen LogP) is 3.84. The van der Waals surface area contributed by atoms with E-state index in [2.05, 4.69) is 21.3 Å². The second-order valence-electron chi connectivity index (χ2n) is 10.5. The second kappa shape index (κ2) is 10.3. The highest BCUT2D eigenvalue weighted by molar-refractivity contribution is 5.69. The fourth-order valence-electron chi connectivity index (χ4n) is 5.13. The number of pyridine rings is 1. The number of nitrogens with one attached hydrogen (secondary N) is 1. The Morgan fingerprint density at radius 3 is 2.67 bits per heavy atom. The number of fused-ring (bicyclic) bond motifs is 3. The van der Waals surface area contributed by atoms with Gasteiger partial charge in [0.25, 0.3) is 0 Å². The molecule has 4 rings (SSSR count). The van der Waals surface area contributed by atoms with Crippen molar-refractivity contribution in [3.8, 4) is 11.5 Å². The molecule has 9 nitrogen and oxygen atoms in total. The third-order valence-corrected chi connectivity index (χ3v) is 6.66. The van der Waals surface area contributed by atoms with Crippen molar-refractivity contribution in [2.24, 2.45) is 0 Å². The summed E-state index contributed by atoms with van der Waals surface area (Å²) < 4.78 is 16.6. The molecule has 1 aromatic carbocycles. The number of ether oxygens (including phenoxy) is 3. The number of aliphatic carboxylic acids is 1. The zero-order chi connectivity index (χ0) is 26.0. The number of methoxy groups -OCH3 is 1.